The van der Waals surface area contributed by atoms with E-state index in [1.807, 2.05) is 11.9 Å². The fourth-order valence-electron chi connectivity index (χ4n) is 1.05. The Labute approximate surface area is 64.6 Å². The second-order valence-corrected chi connectivity index (χ2v) is 2.86. The lowest BCUT2D eigenvalue weighted by molar-refractivity contribution is -0.139. The highest BCUT2D eigenvalue weighted by atomic mass is 32.1. The Balaban J connectivity index is 2.66. The largest absolute Gasteiger partial charge is 0.481 e. The van der Waals surface area contributed by atoms with E-state index in [1.165, 1.54) is 0 Å². The summed E-state index contributed by atoms with van der Waals surface area (Å²) in [5.41, 5.74) is 0. The minimum absolute atomic E-state index is 0.417. The van der Waals surface area contributed by atoms with Crippen LogP contribution in [0.25, 0.3) is 0 Å². The van der Waals surface area contributed by atoms with Gasteiger partial charge in [0.25, 0.3) is 0 Å². The van der Waals surface area contributed by atoms with Gasteiger partial charge >= 0.3 is 5.97 Å². The number of thiocarbonyl (C=S) groups is 1. The monoisotopic (exact) mass is 159 g/mol. The fraction of sp³-hybridized carbons (Fsp3) is 0.667. The van der Waals surface area contributed by atoms with Crippen molar-refractivity contribution < 1.29 is 9.90 Å². The van der Waals surface area contributed by atoms with Crippen LogP contribution in [0.1, 0.15) is 6.42 Å². The first-order valence-electron chi connectivity index (χ1n) is 3.10. The van der Waals surface area contributed by atoms with Crippen molar-refractivity contribution in [2.24, 2.45) is 5.92 Å². The number of hydrogen-bond donors (Lipinski definition) is 1. The first-order valence-corrected chi connectivity index (χ1v) is 3.51. The van der Waals surface area contributed by atoms with Crippen LogP contribution in [0.5, 0.6) is 0 Å². The van der Waals surface area contributed by atoms with E-state index in [-0.39, 0.29) is 0 Å². The number of aliphatic carboxylic acids is 1. The SMILES string of the molecule is CN1CCC(C(=O)O)C1=S. The molecule has 1 heterocycles. The van der Waals surface area contributed by atoms with Crippen LogP contribution >= 0.6 is 12.2 Å². The third-order valence-electron chi connectivity index (χ3n) is 1.73. The number of hydrogen-bond acceptors (Lipinski definition) is 2. The maximum atomic E-state index is 10.4. The highest BCUT2D eigenvalue weighted by Crippen LogP contribution is 2.17. The number of likely N-dealkylation sites (tertiary alicyclic amines) is 1. The molecule has 0 aliphatic carbocycles. The molecule has 1 unspecified atom stereocenters. The van der Waals surface area contributed by atoms with Gasteiger partial charge in [0.05, 0.1) is 4.99 Å². The summed E-state index contributed by atoms with van der Waals surface area (Å²) in [5, 5.41) is 8.59. The molecule has 1 saturated heterocycles. The van der Waals surface area contributed by atoms with Gasteiger partial charge in [-0.05, 0) is 6.42 Å². The van der Waals surface area contributed by atoms with Gasteiger partial charge < -0.3 is 10.0 Å². The third kappa shape index (κ3) is 1.11. The molecule has 0 aromatic rings. The summed E-state index contributed by atoms with van der Waals surface area (Å²) in [6.45, 7) is 0.774. The Morgan fingerprint density at radius 1 is 1.90 bits per heavy atom. The zero-order valence-electron chi connectivity index (χ0n) is 5.70. The fourth-order valence-corrected chi connectivity index (χ4v) is 1.36. The molecule has 0 aromatic carbocycles. The van der Waals surface area contributed by atoms with E-state index in [0.29, 0.717) is 11.4 Å². The first kappa shape index (κ1) is 7.47. The van der Waals surface area contributed by atoms with Crippen LogP contribution in [-0.4, -0.2) is 34.6 Å². The minimum Gasteiger partial charge on any atom is -0.481 e. The van der Waals surface area contributed by atoms with Crippen LogP contribution < -0.4 is 0 Å². The number of carboxylic acid groups (broad SMARTS) is 1. The zero-order valence-corrected chi connectivity index (χ0v) is 6.52. The van der Waals surface area contributed by atoms with E-state index in [4.69, 9.17) is 17.3 Å². The van der Waals surface area contributed by atoms with Gasteiger partial charge in [-0.2, -0.15) is 0 Å². The van der Waals surface area contributed by atoms with Crippen LogP contribution in [0, 0.1) is 5.92 Å². The Hall–Kier alpha value is -0.640. The van der Waals surface area contributed by atoms with Crippen LogP contribution in [0.3, 0.4) is 0 Å². The maximum absolute atomic E-state index is 10.4. The minimum atomic E-state index is -0.797. The molecule has 1 aliphatic heterocycles. The number of nitrogens with zero attached hydrogens (tertiary/aromatic N) is 1. The van der Waals surface area contributed by atoms with Gasteiger partial charge in [-0.25, -0.2) is 0 Å². The van der Waals surface area contributed by atoms with Gasteiger partial charge in [0, 0.05) is 13.6 Å². The molecule has 1 N–H and O–H groups in total. The Bertz CT molecular complexity index is 181. The highest BCUT2D eigenvalue weighted by molar-refractivity contribution is 7.80. The van der Waals surface area contributed by atoms with Gasteiger partial charge in [0.1, 0.15) is 5.92 Å². The molecule has 0 saturated carbocycles. The smallest absolute Gasteiger partial charge is 0.313 e. The summed E-state index contributed by atoms with van der Waals surface area (Å²) in [5.74, 6) is -1.21. The molecule has 0 bridgehead atoms. The van der Waals surface area contributed by atoms with Gasteiger partial charge in [0.15, 0.2) is 0 Å². The first-order chi connectivity index (χ1) is 4.63. The molecular weight excluding hydrogens is 150 g/mol. The highest BCUT2D eigenvalue weighted by Gasteiger charge is 2.30. The standard InChI is InChI=1S/C6H9NO2S/c1-7-3-2-4(5(7)10)6(8)9/h4H,2-3H2,1H3,(H,8,9). The summed E-state index contributed by atoms with van der Waals surface area (Å²) >= 11 is 4.88. The topological polar surface area (TPSA) is 40.5 Å². The summed E-state index contributed by atoms with van der Waals surface area (Å²) in [6.07, 6.45) is 0.657. The molecule has 1 aliphatic rings. The lowest BCUT2D eigenvalue weighted by atomic mass is 10.1. The van der Waals surface area contributed by atoms with Crippen molar-refractivity contribution in [1.29, 1.82) is 0 Å². The molecule has 0 aromatic heterocycles. The molecule has 4 heteroatoms. The average molecular weight is 159 g/mol. The number of rotatable bonds is 1. The molecule has 0 radical (unpaired) electrons. The predicted molar refractivity (Wildman–Crippen MR) is 41.0 cm³/mol. The maximum Gasteiger partial charge on any atom is 0.313 e. The average Bonchev–Trinajstić information content (AvgIpc) is 2.14. The number of carboxylic acids is 1. The van der Waals surface area contributed by atoms with E-state index < -0.39 is 11.9 Å². The van der Waals surface area contributed by atoms with E-state index in [1.54, 1.807) is 0 Å². The third-order valence-corrected chi connectivity index (χ3v) is 2.32. The summed E-state index contributed by atoms with van der Waals surface area (Å²) in [4.78, 5) is 12.8. The van der Waals surface area contributed by atoms with Crippen molar-refractivity contribution in [3.63, 3.8) is 0 Å². The Kier molecular flexibility index (Phi) is 1.89. The van der Waals surface area contributed by atoms with Crippen molar-refractivity contribution in [2.45, 2.75) is 6.42 Å². The molecule has 0 amide bonds. The van der Waals surface area contributed by atoms with Crippen LogP contribution in [0.4, 0.5) is 0 Å². The molecule has 56 valence electrons. The summed E-state index contributed by atoms with van der Waals surface area (Å²) < 4.78 is 0. The van der Waals surface area contributed by atoms with Crippen molar-refractivity contribution in [2.75, 3.05) is 13.6 Å². The van der Waals surface area contributed by atoms with Crippen LogP contribution in [0.15, 0.2) is 0 Å². The summed E-state index contributed by atoms with van der Waals surface area (Å²) in [7, 11) is 1.82. The van der Waals surface area contributed by atoms with Crippen molar-refractivity contribution in [3.05, 3.63) is 0 Å². The molecule has 1 fully saturated rings. The summed E-state index contributed by atoms with van der Waals surface area (Å²) in [6, 6.07) is 0. The molecule has 1 atom stereocenters. The van der Waals surface area contributed by atoms with Crippen molar-refractivity contribution >= 4 is 23.2 Å². The lowest BCUT2D eigenvalue weighted by Gasteiger charge is -2.09. The second-order valence-electron chi connectivity index (χ2n) is 2.44. The van der Waals surface area contributed by atoms with E-state index in [0.717, 1.165) is 6.54 Å². The van der Waals surface area contributed by atoms with Crippen LogP contribution in [-0.2, 0) is 4.79 Å². The van der Waals surface area contributed by atoms with Gasteiger partial charge in [-0.15, -0.1) is 0 Å². The molecule has 1 rings (SSSR count). The molecular formula is C6H9NO2S. The molecule has 3 nitrogen and oxygen atoms in total. The van der Waals surface area contributed by atoms with Gasteiger partial charge in [-0.3, -0.25) is 4.79 Å². The van der Waals surface area contributed by atoms with E-state index >= 15 is 0 Å². The second kappa shape index (κ2) is 2.54. The zero-order chi connectivity index (χ0) is 7.72. The van der Waals surface area contributed by atoms with Gasteiger partial charge in [0.2, 0.25) is 0 Å². The number of carbonyl (C=O) groups is 1. The van der Waals surface area contributed by atoms with E-state index in [9.17, 15) is 4.79 Å². The molecule has 0 spiro atoms. The quantitative estimate of drug-likeness (QED) is 0.560. The normalized spacial score (nSPS) is 25.5. The van der Waals surface area contributed by atoms with Crippen molar-refractivity contribution in [1.82, 2.24) is 4.90 Å². The lowest BCUT2D eigenvalue weighted by Crippen LogP contribution is -2.24. The Morgan fingerprint density at radius 2 is 2.50 bits per heavy atom. The van der Waals surface area contributed by atoms with Gasteiger partial charge in [-0.1, -0.05) is 12.2 Å². The molecule has 10 heavy (non-hydrogen) atoms. The predicted octanol–water partition coefficient (Wildman–Crippen LogP) is 0.350. The van der Waals surface area contributed by atoms with Crippen molar-refractivity contribution in [3.8, 4) is 0 Å². The van der Waals surface area contributed by atoms with Crippen LogP contribution in [0.2, 0.25) is 0 Å². The van der Waals surface area contributed by atoms with E-state index in [2.05, 4.69) is 0 Å². The Morgan fingerprint density at radius 3 is 2.70 bits per heavy atom.